The minimum atomic E-state index is -1.19. The molecule has 0 fully saturated rings. The summed E-state index contributed by atoms with van der Waals surface area (Å²) in [4.78, 5) is 20.5. The van der Waals surface area contributed by atoms with Gasteiger partial charge in [-0.3, -0.25) is 4.99 Å². The molecule has 3 rings (SSSR count). The van der Waals surface area contributed by atoms with Gasteiger partial charge >= 0.3 is 5.97 Å². The number of ether oxygens (including phenoxy) is 1. The lowest BCUT2D eigenvalue weighted by atomic mass is 9.98. The largest absolute Gasteiger partial charge is 0.466 e. The highest BCUT2D eigenvalue weighted by Gasteiger charge is 2.30. The van der Waals surface area contributed by atoms with Crippen LogP contribution in [0.15, 0.2) is 40.5 Å². The zero-order valence-corrected chi connectivity index (χ0v) is 13.8. The zero-order chi connectivity index (χ0) is 17.3. The fraction of sp³-hybridized carbons (Fsp3) is 0.133. The van der Waals surface area contributed by atoms with Crippen LogP contribution in [0.4, 0.5) is 8.78 Å². The van der Waals surface area contributed by atoms with Gasteiger partial charge in [-0.15, -0.1) is 11.3 Å². The monoisotopic (exact) mass is 369 g/mol. The summed E-state index contributed by atoms with van der Waals surface area (Å²) in [7, 11) is 1.22. The summed E-state index contributed by atoms with van der Waals surface area (Å²) in [6, 6.07) is 1.28. The van der Waals surface area contributed by atoms with Gasteiger partial charge in [0, 0.05) is 23.3 Å². The van der Waals surface area contributed by atoms with Crippen LogP contribution in [0.3, 0.4) is 0 Å². The van der Waals surface area contributed by atoms with E-state index in [-0.39, 0.29) is 11.1 Å². The first kappa shape index (κ1) is 16.5. The predicted octanol–water partition coefficient (Wildman–Crippen LogP) is 3.22. The van der Waals surface area contributed by atoms with Crippen molar-refractivity contribution in [3.05, 3.63) is 62.7 Å². The number of benzene rings is 1. The van der Waals surface area contributed by atoms with Crippen LogP contribution in [0.5, 0.6) is 0 Å². The number of aliphatic imine (C=N–C) groups is 1. The van der Waals surface area contributed by atoms with Gasteiger partial charge in [0.1, 0.15) is 6.04 Å². The molecule has 5 nitrogen and oxygen atoms in total. The Morgan fingerprint density at radius 3 is 2.88 bits per heavy atom. The summed E-state index contributed by atoms with van der Waals surface area (Å²) < 4.78 is 31.9. The molecular formula is C15H10ClF2N3O2S. The van der Waals surface area contributed by atoms with E-state index < -0.39 is 28.7 Å². The molecule has 1 aliphatic rings. The quantitative estimate of drug-likeness (QED) is 0.666. The fourth-order valence-electron chi connectivity index (χ4n) is 2.20. The van der Waals surface area contributed by atoms with Crippen LogP contribution in [0.1, 0.15) is 16.6 Å². The van der Waals surface area contributed by atoms with Gasteiger partial charge in [0.25, 0.3) is 0 Å². The van der Waals surface area contributed by atoms with Gasteiger partial charge in [-0.1, -0.05) is 17.7 Å². The van der Waals surface area contributed by atoms with Gasteiger partial charge in [0.2, 0.25) is 0 Å². The van der Waals surface area contributed by atoms with Crippen molar-refractivity contribution < 1.29 is 18.3 Å². The van der Waals surface area contributed by atoms with Crippen LogP contribution in [0, 0.1) is 11.6 Å². The molecule has 1 unspecified atom stereocenters. The molecule has 0 amide bonds. The van der Waals surface area contributed by atoms with Crippen LogP contribution in [0.2, 0.25) is 5.02 Å². The number of carbonyl (C=O) groups is 1. The number of esters is 1. The minimum absolute atomic E-state index is 0.116. The standard InChI is InChI=1S/C15H10ClF2N3O2S/c1-23-15(22)8-6-20-13(14-19-4-5-24-14)21-12(8)7-2-3-9(17)11(18)10(7)16/h2-6,12H,1H3,(H,20,21). The van der Waals surface area contributed by atoms with Gasteiger partial charge in [0.15, 0.2) is 22.5 Å². The summed E-state index contributed by atoms with van der Waals surface area (Å²) >= 11 is 7.26. The molecule has 1 N–H and O–H groups in total. The number of halogens is 3. The Morgan fingerprint density at radius 1 is 1.42 bits per heavy atom. The molecule has 2 heterocycles. The Kier molecular flexibility index (Phi) is 4.59. The van der Waals surface area contributed by atoms with Crippen LogP contribution in [-0.4, -0.2) is 23.9 Å². The first-order valence-corrected chi connectivity index (χ1v) is 7.94. The van der Waals surface area contributed by atoms with E-state index in [9.17, 15) is 13.6 Å². The molecule has 0 spiro atoms. The van der Waals surface area contributed by atoms with E-state index in [1.165, 1.54) is 30.7 Å². The second kappa shape index (κ2) is 6.66. The number of amidine groups is 1. The van der Waals surface area contributed by atoms with E-state index in [0.29, 0.717) is 10.8 Å². The zero-order valence-electron chi connectivity index (χ0n) is 12.2. The molecule has 0 aliphatic carbocycles. The number of thiazole rings is 1. The number of methoxy groups -OCH3 is 1. The maximum absolute atomic E-state index is 13.8. The number of aromatic nitrogens is 1. The average Bonchev–Trinajstić information content (AvgIpc) is 3.13. The van der Waals surface area contributed by atoms with Crippen LogP contribution in [0.25, 0.3) is 0 Å². The molecule has 24 heavy (non-hydrogen) atoms. The summed E-state index contributed by atoms with van der Waals surface area (Å²) in [5.41, 5.74) is 0.272. The highest BCUT2D eigenvalue weighted by Crippen LogP contribution is 2.36. The first-order chi connectivity index (χ1) is 11.5. The third kappa shape index (κ3) is 2.90. The summed E-state index contributed by atoms with van der Waals surface area (Å²) in [6.07, 6.45) is 3.00. The van der Waals surface area contributed by atoms with Crippen molar-refractivity contribution >= 4 is 34.7 Å². The van der Waals surface area contributed by atoms with Gasteiger partial charge < -0.3 is 10.1 Å². The SMILES string of the molecule is COC(=O)C1=CNC(c2nccs2)=NC1c1ccc(F)c(F)c1Cl. The highest BCUT2D eigenvalue weighted by molar-refractivity contribution is 7.11. The third-order valence-electron chi connectivity index (χ3n) is 3.33. The predicted molar refractivity (Wildman–Crippen MR) is 86.0 cm³/mol. The van der Waals surface area contributed by atoms with E-state index in [0.717, 1.165) is 6.07 Å². The fourth-order valence-corrected chi connectivity index (χ4v) is 3.05. The molecule has 1 aromatic heterocycles. The molecule has 1 atom stereocenters. The van der Waals surface area contributed by atoms with E-state index in [1.807, 2.05) is 0 Å². The maximum Gasteiger partial charge on any atom is 0.337 e. The van der Waals surface area contributed by atoms with E-state index in [4.69, 9.17) is 16.3 Å². The van der Waals surface area contributed by atoms with Crippen LogP contribution < -0.4 is 5.32 Å². The number of nitrogens with zero attached hydrogens (tertiary/aromatic N) is 2. The van der Waals surface area contributed by atoms with Gasteiger partial charge in [-0.2, -0.15) is 0 Å². The average molecular weight is 370 g/mol. The number of hydrogen-bond donors (Lipinski definition) is 1. The second-order valence-corrected chi connectivity index (χ2v) is 5.99. The van der Waals surface area contributed by atoms with Crippen molar-refractivity contribution in [2.24, 2.45) is 4.99 Å². The van der Waals surface area contributed by atoms with E-state index >= 15 is 0 Å². The number of nitrogens with one attached hydrogen (secondary N) is 1. The molecule has 0 saturated heterocycles. The highest BCUT2D eigenvalue weighted by atomic mass is 35.5. The van der Waals surface area contributed by atoms with Crippen molar-refractivity contribution in [1.82, 2.24) is 10.3 Å². The lowest BCUT2D eigenvalue weighted by Crippen LogP contribution is -2.28. The lowest BCUT2D eigenvalue weighted by Gasteiger charge is -2.22. The molecule has 1 aromatic carbocycles. The van der Waals surface area contributed by atoms with E-state index in [2.05, 4.69) is 15.3 Å². The molecule has 1 aliphatic heterocycles. The number of hydrogen-bond acceptors (Lipinski definition) is 6. The molecular weight excluding hydrogens is 360 g/mol. The smallest absolute Gasteiger partial charge is 0.337 e. The van der Waals surface area contributed by atoms with Gasteiger partial charge in [-0.05, 0) is 6.07 Å². The molecule has 0 saturated carbocycles. The Morgan fingerprint density at radius 2 is 2.21 bits per heavy atom. The molecule has 0 radical (unpaired) electrons. The third-order valence-corrected chi connectivity index (χ3v) is 4.50. The van der Waals surface area contributed by atoms with Crippen LogP contribution in [-0.2, 0) is 9.53 Å². The van der Waals surface area contributed by atoms with Gasteiger partial charge in [0.05, 0.1) is 17.7 Å². The number of rotatable bonds is 3. The molecule has 2 aromatic rings. The lowest BCUT2D eigenvalue weighted by molar-refractivity contribution is -0.136. The Balaban J connectivity index is 2.11. The van der Waals surface area contributed by atoms with Crippen molar-refractivity contribution in [3.63, 3.8) is 0 Å². The molecule has 124 valence electrons. The van der Waals surface area contributed by atoms with Crippen molar-refractivity contribution in [1.29, 1.82) is 0 Å². The van der Waals surface area contributed by atoms with Gasteiger partial charge in [-0.25, -0.2) is 18.6 Å². The Bertz CT molecular complexity index is 853. The topological polar surface area (TPSA) is 63.6 Å². The van der Waals surface area contributed by atoms with Crippen molar-refractivity contribution in [2.45, 2.75) is 6.04 Å². The summed E-state index contributed by atoms with van der Waals surface area (Å²) in [6.45, 7) is 0. The van der Waals surface area contributed by atoms with Crippen LogP contribution >= 0.6 is 22.9 Å². The normalized spacial score (nSPS) is 16.9. The van der Waals surface area contributed by atoms with Crippen molar-refractivity contribution in [2.75, 3.05) is 7.11 Å². The minimum Gasteiger partial charge on any atom is -0.466 e. The second-order valence-electron chi connectivity index (χ2n) is 4.72. The first-order valence-electron chi connectivity index (χ1n) is 6.69. The summed E-state index contributed by atoms with van der Waals surface area (Å²) in [5, 5.41) is 4.77. The van der Waals surface area contributed by atoms with Crippen molar-refractivity contribution in [3.8, 4) is 0 Å². The maximum atomic E-state index is 13.8. The van der Waals surface area contributed by atoms with E-state index in [1.54, 1.807) is 11.6 Å². The Labute approximate surface area is 144 Å². The molecule has 9 heteroatoms. The summed E-state index contributed by atoms with van der Waals surface area (Å²) in [5.74, 6) is -2.54. The molecule has 0 bridgehead atoms. The Hall–Kier alpha value is -2.32. The number of carbonyl (C=O) groups excluding carboxylic acids is 1.